The van der Waals surface area contributed by atoms with Crippen LogP contribution in [0.3, 0.4) is 0 Å². The largest absolute Gasteiger partial charge is 0.352 e. The third-order valence-corrected chi connectivity index (χ3v) is 5.48. The zero-order valence-electron chi connectivity index (χ0n) is 14.9. The van der Waals surface area contributed by atoms with Crippen molar-refractivity contribution in [3.63, 3.8) is 0 Å². The highest BCUT2D eigenvalue weighted by Gasteiger charge is 2.26. The summed E-state index contributed by atoms with van der Waals surface area (Å²) in [6.07, 6.45) is 8.61. The number of imidazole rings is 1. The van der Waals surface area contributed by atoms with Crippen molar-refractivity contribution in [2.75, 3.05) is 12.8 Å². The van der Waals surface area contributed by atoms with E-state index in [4.69, 9.17) is 12.2 Å². The topological polar surface area (TPSA) is 80.5 Å². The number of nitrogens with one attached hydrogen (secondary N) is 2. The monoisotopic (exact) mass is 400 g/mol. The van der Waals surface area contributed by atoms with Crippen LogP contribution in [0, 0.1) is 4.77 Å². The fourth-order valence-electron chi connectivity index (χ4n) is 3.02. The van der Waals surface area contributed by atoms with Crippen molar-refractivity contribution < 1.29 is 4.79 Å². The van der Waals surface area contributed by atoms with Crippen LogP contribution in [0.1, 0.15) is 35.1 Å². The fourth-order valence-corrected chi connectivity index (χ4v) is 3.85. The van der Waals surface area contributed by atoms with Crippen LogP contribution in [0.25, 0.3) is 5.69 Å². The third-order valence-electron chi connectivity index (χ3n) is 4.52. The average Bonchev–Trinajstić information content (AvgIpc) is 3.28. The molecule has 1 aromatic carbocycles. The van der Waals surface area contributed by atoms with Gasteiger partial charge in [-0.25, -0.2) is 4.98 Å². The van der Waals surface area contributed by atoms with Gasteiger partial charge in [-0.15, -0.1) is 0 Å². The van der Waals surface area contributed by atoms with Gasteiger partial charge in [0.25, 0.3) is 5.91 Å². The fraction of sp³-hybridized carbons (Fsp3) is 0.333. The molecule has 7 nitrogen and oxygen atoms in total. The number of aromatic amines is 1. The van der Waals surface area contributed by atoms with Gasteiger partial charge in [0.05, 0.1) is 0 Å². The molecule has 0 spiro atoms. The molecule has 1 amide bonds. The number of hydrogen-bond donors (Lipinski definition) is 2. The zero-order chi connectivity index (χ0) is 18.8. The van der Waals surface area contributed by atoms with E-state index >= 15 is 0 Å². The molecule has 1 fully saturated rings. The Morgan fingerprint density at radius 3 is 2.85 bits per heavy atom. The SMILES string of the molecule is CSc1nccn1-c1ccc(C(=O)NCCc2n[nH]c(=S)n2C2CC2)cc1. The number of benzene rings is 1. The Morgan fingerprint density at radius 2 is 2.15 bits per heavy atom. The molecule has 0 saturated heterocycles. The summed E-state index contributed by atoms with van der Waals surface area (Å²) >= 11 is 6.86. The zero-order valence-corrected chi connectivity index (χ0v) is 16.5. The van der Waals surface area contributed by atoms with Crippen molar-refractivity contribution in [2.45, 2.75) is 30.5 Å². The molecule has 4 rings (SSSR count). The molecule has 0 aliphatic heterocycles. The molecule has 140 valence electrons. The number of nitrogens with zero attached hydrogens (tertiary/aromatic N) is 4. The van der Waals surface area contributed by atoms with Crippen molar-refractivity contribution in [1.29, 1.82) is 0 Å². The highest BCUT2D eigenvalue weighted by molar-refractivity contribution is 7.98. The van der Waals surface area contributed by atoms with Crippen LogP contribution < -0.4 is 5.32 Å². The molecule has 1 saturated carbocycles. The summed E-state index contributed by atoms with van der Waals surface area (Å²) < 4.78 is 4.73. The standard InChI is InChI=1S/C18H20N6OS2/c1-27-18-20-10-11-23(18)13-4-2-12(3-5-13)16(25)19-9-8-15-21-22-17(26)24(15)14-6-7-14/h2-5,10-11,14H,6-9H2,1H3,(H,19,25)(H,22,26). The van der Waals surface area contributed by atoms with Crippen molar-refractivity contribution in [3.05, 3.63) is 52.8 Å². The molecular weight excluding hydrogens is 380 g/mol. The molecule has 0 bridgehead atoms. The first kappa shape index (κ1) is 18.0. The van der Waals surface area contributed by atoms with Crippen molar-refractivity contribution in [2.24, 2.45) is 0 Å². The summed E-state index contributed by atoms with van der Waals surface area (Å²) in [6, 6.07) is 7.98. The Balaban J connectivity index is 1.37. The summed E-state index contributed by atoms with van der Waals surface area (Å²) in [6.45, 7) is 0.519. The van der Waals surface area contributed by atoms with Crippen LogP contribution in [0.5, 0.6) is 0 Å². The van der Waals surface area contributed by atoms with Crippen LogP contribution in [0.2, 0.25) is 0 Å². The molecule has 0 radical (unpaired) electrons. The lowest BCUT2D eigenvalue weighted by Gasteiger charge is -2.09. The van der Waals surface area contributed by atoms with Crippen molar-refractivity contribution in [1.82, 2.24) is 29.6 Å². The van der Waals surface area contributed by atoms with Gasteiger partial charge < -0.3 is 9.88 Å². The van der Waals surface area contributed by atoms with Gasteiger partial charge in [-0.1, -0.05) is 11.8 Å². The Bertz CT molecular complexity index is 1000. The van der Waals surface area contributed by atoms with Crippen LogP contribution in [0.4, 0.5) is 0 Å². The lowest BCUT2D eigenvalue weighted by Crippen LogP contribution is -2.26. The first-order valence-electron chi connectivity index (χ1n) is 8.79. The van der Waals surface area contributed by atoms with Gasteiger partial charge in [0.2, 0.25) is 0 Å². The number of carbonyl (C=O) groups excluding carboxylic acids is 1. The molecule has 1 aliphatic rings. The number of rotatable bonds is 7. The van der Waals surface area contributed by atoms with E-state index in [9.17, 15) is 4.79 Å². The number of aromatic nitrogens is 5. The molecule has 2 aromatic heterocycles. The number of hydrogen-bond acceptors (Lipinski definition) is 5. The number of thioether (sulfide) groups is 1. The highest BCUT2D eigenvalue weighted by Crippen LogP contribution is 2.35. The smallest absolute Gasteiger partial charge is 0.251 e. The summed E-state index contributed by atoms with van der Waals surface area (Å²) in [5, 5.41) is 11.0. The van der Waals surface area contributed by atoms with Crippen LogP contribution in [0.15, 0.2) is 41.8 Å². The summed E-state index contributed by atoms with van der Waals surface area (Å²) in [5.74, 6) is 0.812. The molecule has 9 heteroatoms. The van der Waals surface area contributed by atoms with Gasteiger partial charge in [-0.05, 0) is 55.6 Å². The predicted octanol–water partition coefficient (Wildman–Crippen LogP) is 3.16. The van der Waals surface area contributed by atoms with E-state index in [0.29, 0.717) is 29.3 Å². The molecule has 3 aromatic rings. The maximum absolute atomic E-state index is 12.4. The first-order valence-corrected chi connectivity index (χ1v) is 10.4. The Kier molecular flexibility index (Phi) is 5.13. The number of H-pyrrole nitrogens is 1. The lowest BCUT2D eigenvalue weighted by molar-refractivity contribution is 0.0954. The third kappa shape index (κ3) is 3.84. The van der Waals surface area contributed by atoms with Crippen molar-refractivity contribution >= 4 is 29.9 Å². The van der Waals surface area contributed by atoms with Gasteiger partial charge in [0, 0.05) is 42.7 Å². The molecule has 2 heterocycles. The van der Waals surface area contributed by atoms with Crippen LogP contribution in [-0.4, -0.2) is 43.0 Å². The minimum Gasteiger partial charge on any atom is -0.352 e. The molecule has 2 N–H and O–H groups in total. The summed E-state index contributed by atoms with van der Waals surface area (Å²) in [4.78, 5) is 16.7. The van der Waals surface area contributed by atoms with E-state index in [1.807, 2.05) is 41.3 Å². The Hall–Kier alpha value is -2.39. The maximum atomic E-state index is 12.4. The minimum atomic E-state index is -0.0932. The van der Waals surface area contributed by atoms with E-state index in [0.717, 1.165) is 29.5 Å². The van der Waals surface area contributed by atoms with Gasteiger partial charge in [0.15, 0.2) is 9.93 Å². The molecule has 1 aliphatic carbocycles. The second-order valence-corrected chi connectivity index (χ2v) is 7.54. The molecule has 0 unspecified atom stereocenters. The first-order chi connectivity index (χ1) is 13.2. The second-order valence-electron chi connectivity index (χ2n) is 6.38. The van der Waals surface area contributed by atoms with E-state index in [1.165, 1.54) is 0 Å². The summed E-state index contributed by atoms with van der Waals surface area (Å²) in [5.41, 5.74) is 1.61. The average molecular weight is 401 g/mol. The lowest BCUT2D eigenvalue weighted by atomic mass is 10.2. The van der Waals surface area contributed by atoms with Gasteiger partial charge in [-0.3, -0.25) is 14.5 Å². The van der Waals surface area contributed by atoms with E-state index < -0.39 is 0 Å². The van der Waals surface area contributed by atoms with Crippen molar-refractivity contribution in [3.8, 4) is 5.69 Å². The molecular formula is C18H20N6OS2. The van der Waals surface area contributed by atoms with E-state index in [1.54, 1.807) is 18.0 Å². The second kappa shape index (κ2) is 7.69. The summed E-state index contributed by atoms with van der Waals surface area (Å²) in [7, 11) is 0. The van der Waals surface area contributed by atoms with Gasteiger partial charge in [0.1, 0.15) is 5.82 Å². The molecule has 0 atom stereocenters. The predicted molar refractivity (Wildman–Crippen MR) is 107 cm³/mol. The van der Waals surface area contributed by atoms with Crippen LogP contribution in [-0.2, 0) is 6.42 Å². The Labute approximate surface area is 166 Å². The van der Waals surface area contributed by atoms with Gasteiger partial charge >= 0.3 is 0 Å². The maximum Gasteiger partial charge on any atom is 0.251 e. The molecule has 27 heavy (non-hydrogen) atoms. The minimum absolute atomic E-state index is 0.0932. The Morgan fingerprint density at radius 1 is 1.37 bits per heavy atom. The quantitative estimate of drug-likeness (QED) is 0.470. The normalized spacial score (nSPS) is 13.7. The number of amides is 1. The van der Waals surface area contributed by atoms with Gasteiger partial charge in [-0.2, -0.15) is 5.10 Å². The highest BCUT2D eigenvalue weighted by atomic mass is 32.2. The van der Waals surface area contributed by atoms with Crippen LogP contribution >= 0.6 is 24.0 Å². The van der Waals surface area contributed by atoms with E-state index in [2.05, 4.69) is 25.1 Å². The van der Waals surface area contributed by atoms with E-state index in [-0.39, 0.29) is 5.91 Å². The number of carbonyl (C=O) groups is 1.